The summed E-state index contributed by atoms with van der Waals surface area (Å²) in [6.07, 6.45) is 2.64. The van der Waals surface area contributed by atoms with E-state index in [4.69, 9.17) is 11.2 Å². The predicted molar refractivity (Wildman–Crippen MR) is 77.3 cm³/mol. The highest BCUT2D eigenvalue weighted by Crippen LogP contribution is 2.24. The van der Waals surface area contributed by atoms with Crippen LogP contribution >= 0.6 is 0 Å². The number of terminal acetylenes is 1. The molecular weight excluding hydrogens is 274 g/mol. The molecule has 0 N–H and O–H groups in total. The van der Waals surface area contributed by atoms with Gasteiger partial charge < -0.3 is 4.74 Å². The fourth-order valence-corrected chi connectivity index (χ4v) is 2.02. The highest BCUT2D eigenvalue weighted by Gasteiger charge is 2.28. The number of rotatable bonds is 4. The first-order valence-electron chi connectivity index (χ1n) is 6.55. The van der Waals surface area contributed by atoms with Gasteiger partial charge in [-0.3, -0.25) is 4.79 Å². The summed E-state index contributed by atoms with van der Waals surface area (Å²) in [5, 5.41) is 1.72. The zero-order valence-electron chi connectivity index (χ0n) is 11.5. The number of hydrogen-bond acceptors (Lipinski definition) is 2. The molecule has 0 saturated heterocycles. The van der Waals surface area contributed by atoms with Crippen molar-refractivity contribution in [3.05, 3.63) is 42.0 Å². The van der Waals surface area contributed by atoms with E-state index in [0.717, 1.165) is 16.3 Å². The molecule has 0 bridgehead atoms. The number of ether oxygens (including phenoxy) is 1. The molecule has 2 aromatic carbocycles. The maximum atomic E-state index is 12.7. The second-order valence-corrected chi connectivity index (χ2v) is 4.64. The first-order valence-corrected chi connectivity index (χ1v) is 6.55. The van der Waals surface area contributed by atoms with Gasteiger partial charge in [0.25, 0.3) is 6.43 Å². The smallest absolute Gasteiger partial charge is 0.320 e. The highest BCUT2D eigenvalue weighted by molar-refractivity contribution is 5.86. The molecule has 4 heteroatoms. The van der Waals surface area contributed by atoms with E-state index in [-0.39, 0.29) is 12.2 Å². The van der Waals surface area contributed by atoms with Crippen LogP contribution in [0.2, 0.25) is 0 Å². The molecule has 21 heavy (non-hydrogen) atoms. The van der Waals surface area contributed by atoms with Gasteiger partial charge in [-0.1, -0.05) is 25.0 Å². The molecule has 0 radical (unpaired) electrons. The van der Waals surface area contributed by atoms with Gasteiger partial charge in [0.15, 0.2) is 0 Å². The van der Waals surface area contributed by atoms with E-state index in [2.05, 4.69) is 5.92 Å². The monoisotopic (exact) mass is 288 g/mol. The van der Waals surface area contributed by atoms with Crippen LogP contribution in [-0.2, 0) is 4.79 Å². The average Bonchev–Trinajstić information content (AvgIpc) is 2.47. The van der Waals surface area contributed by atoms with Crippen molar-refractivity contribution < 1.29 is 18.3 Å². The molecule has 0 aliphatic carbocycles. The van der Waals surface area contributed by atoms with Crippen LogP contribution in [0.4, 0.5) is 8.78 Å². The fourth-order valence-electron chi connectivity index (χ4n) is 2.02. The van der Waals surface area contributed by atoms with E-state index in [1.807, 2.05) is 6.07 Å². The first kappa shape index (κ1) is 15.0. The minimum atomic E-state index is -2.72. The molecule has 0 heterocycles. The first-order chi connectivity index (χ1) is 10.0. The topological polar surface area (TPSA) is 26.3 Å². The maximum Gasteiger partial charge on any atom is 0.320 e. The van der Waals surface area contributed by atoms with Crippen LogP contribution < -0.4 is 4.74 Å². The molecule has 0 aliphatic rings. The number of benzene rings is 2. The molecule has 1 unspecified atom stereocenters. The number of halogens is 2. The molecule has 2 rings (SSSR count). The van der Waals surface area contributed by atoms with E-state index < -0.39 is 18.3 Å². The number of alkyl halides is 2. The van der Waals surface area contributed by atoms with Crippen molar-refractivity contribution in [1.29, 1.82) is 0 Å². The number of hydrogen-bond donors (Lipinski definition) is 0. The van der Waals surface area contributed by atoms with Crippen LogP contribution in [0.15, 0.2) is 36.4 Å². The third-order valence-electron chi connectivity index (χ3n) is 3.24. The molecule has 0 spiro atoms. The Hall–Kier alpha value is -2.41. The normalized spacial score (nSPS) is 12.1. The number of fused-ring (bicyclic) bond motifs is 1. The lowest BCUT2D eigenvalue weighted by Gasteiger charge is -2.13. The molecule has 1 atom stereocenters. The summed E-state index contributed by atoms with van der Waals surface area (Å²) < 4.78 is 30.4. The van der Waals surface area contributed by atoms with E-state index in [9.17, 15) is 13.6 Å². The Morgan fingerprint density at radius 3 is 2.52 bits per heavy atom. The van der Waals surface area contributed by atoms with Crippen molar-refractivity contribution in [2.45, 2.75) is 19.8 Å². The van der Waals surface area contributed by atoms with Gasteiger partial charge in [-0.2, -0.15) is 0 Å². The van der Waals surface area contributed by atoms with Crippen molar-refractivity contribution in [2.75, 3.05) is 0 Å². The van der Waals surface area contributed by atoms with Crippen molar-refractivity contribution in [3.8, 4) is 18.1 Å². The van der Waals surface area contributed by atoms with Crippen LogP contribution in [0.1, 0.15) is 18.9 Å². The fraction of sp³-hybridized carbons (Fsp3) is 0.235. The van der Waals surface area contributed by atoms with E-state index >= 15 is 0 Å². The van der Waals surface area contributed by atoms with Crippen LogP contribution in [0.3, 0.4) is 0 Å². The van der Waals surface area contributed by atoms with Crippen LogP contribution in [0, 0.1) is 18.3 Å². The van der Waals surface area contributed by atoms with E-state index in [1.165, 1.54) is 6.92 Å². The van der Waals surface area contributed by atoms with E-state index in [0.29, 0.717) is 0 Å². The molecule has 0 amide bonds. The molecule has 0 saturated carbocycles. The Labute approximate surface area is 121 Å². The minimum absolute atomic E-state index is 0.0373. The second-order valence-electron chi connectivity index (χ2n) is 4.64. The van der Waals surface area contributed by atoms with Crippen LogP contribution in [0.5, 0.6) is 5.75 Å². The average molecular weight is 288 g/mol. The Balaban J connectivity index is 2.24. The highest BCUT2D eigenvalue weighted by atomic mass is 19.3. The Morgan fingerprint density at radius 2 is 1.90 bits per heavy atom. The van der Waals surface area contributed by atoms with Gasteiger partial charge in [0.2, 0.25) is 0 Å². The van der Waals surface area contributed by atoms with E-state index in [1.54, 1.807) is 30.3 Å². The molecule has 0 aliphatic heterocycles. The predicted octanol–water partition coefficient (Wildman–Crippen LogP) is 4.02. The summed E-state index contributed by atoms with van der Waals surface area (Å²) in [7, 11) is 0. The van der Waals surface area contributed by atoms with Gasteiger partial charge in [0.05, 0.1) is 0 Å². The Bertz CT molecular complexity index is 701. The molecule has 2 aromatic rings. The quantitative estimate of drug-likeness (QED) is 0.482. The summed E-state index contributed by atoms with van der Waals surface area (Å²) in [6.45, 7) is 1.53. The van der Waals surface area contributed by atoms with Crippen molar-refractivity contribution in [3.63, 3.8) is 0 Å². The van der Waals surface area contributed by atoms with Gasteiger partial charge in [-0.15, -0.1) is 6.42 Å². The lowest BCUT2D eigenvalue weighted by molar-refractivity contribution is -0.144. The summed E-state index contributed by atoms with van der Waals surface area (Å²) >= 11 is 0. The largest absolute Gasteiger partial charge is 0.426 e. The maximum absolute atomic E-state index is 12.7. The number of carbonyl (C=O) groups excluding carboxylic acids is 1. The molecular formula is C17H14F2O2. The minimum Gasteiger partial charge on any atom is -0.426 e. The lowest BCUT2D eigenvalue weighted by Crippen LogP contribution is -2.26. The van der Waals surface area contributed by atoms with Gasteiger partial charge in [0.1, 0.15) is 11.7 Å². The summed E-state index contributed by atoms with van der Waals surface area (Å²) in [5.41, 5.74) is 0.746. The van der Waals surface area contributed by atoms with Crippen LogP contribution in [-0.4, -0.2) is 12.4 Å². The second kappa shape index (κ2) is 6.36. The molecule has 0 aromatic heterocycles. The summed E-state index contributed by atoms with van der Waals surface area (Å²) in [5.74, 6) is 0.474. The van der Waals surface area contributed by atoms with Crippen molar-refractivity contribution in [2.24, 2.45) is 5.92 Å². The summed E-state index contributed by atoms with van der Waals surface area (Å²) in [6, 6.07) is 10.3. The van der Waals surface area contributed by atoms with Crippen molar-refractivity contribution >= 4 is 16.7 Å². The van der Waals surface area contributed by atoms with Gasteiger partial charge in [-0.05, 0) is 41.5 Å². The van der Waals surface area contributed by atoms with Crippen molar-refractivity contribution in [1.82, 2.24) is 0 Å². The lowest BCUT2D eigenvalue weighted by atomic mass is 10.1. The number of esters is 1. The molecule has 0 fully saturated rings. The SMILES string of the molecule is C#Cc1ccc2cc(OC(=O)C(CC)C(F)F)ccc2c1. The molecule has 2 nitrogen and oxygen atoms in total. The zero-order chi connectivity index (χ0) is 15.4. The Morgan fingerprint density at radius 1 is 1.24 bits per heavy atom. The van der Waals surface area contributed by atoms with Gasteiger partial charge in [0, 0.05) is 5.56 Å². The zero-order valence-corrected chi connectivity index (χ0v) is 11.5. The molecule has 108 valence electrons. The summed E-state index contributed by atoms with van der Waals surface area (Å²) in [4.78, 5) is 11.7. The standard InChI is InChI=1S/C17H14F2O2/c1-3-11-5-6-13-10-14(8-7-12(13)9-11)21-17(20)15(4-2)16(18)19/h1,5-10,15-16H,4H2,2H3. The van der Waals surface area contributed by atoms with Gasteiger partial charge in [-0.25, -0.2) is 8.78 Å². The Kier molecular flexibility index (Phi) is 4.54. The van der Waals surface area contributed by atoms with Gasteiger partial charge >= 0.3 is 5.97 Å². The number of carbonyl (C=O) groups is 1. The third kappa shape index (κ3) is 3.38. The third-order valence-corrected chi connectivity index (χ3v) is 3.24. The van der Waals surface area contributed by atoms with Crippen LogP contribution in [0.25, 0.3) is 10.8 Å².